The van der Waals surface area contributed by atoms with Crippen molar-refractivity contribution in [2.45, 2.75) is 26.4 Å². The third kappa shape index (κ3) is 2.59. The van der Waals surface area contributed by atoms with Gasteiger partial charge >= 0.3 is 0 Å². The van der Waals surface area contributed by atoms with Crippen LogP contribution in [0.15, 0.2) is 36.7 Å². The number of rotatable bonds is 5. The lowest BCUT2D eigenvalue weighted by Crippen LogP contribution is -2.23. The SMILES string of the molecule is Cc1c(C(C)NCCn2ccnn2)sc2ccccc12. The van der Waals surface area contributed by atoms with Crippen LogP contribution in [-0.4, -0.2) is 21.5 Å². The molecule has 4 nitrogen and oxygen atoms in total. The first-order valence-electron chi connectivity index (χ1n) is 6.81. The minimum atomic E-state index is 0.357. The lowest BCUT2D eigenvalue weighted by atomic mass is 10.1. The molecular weight excluding hydrogens is 268 g/mol. The van der Waals surface area contributed by atoms with Gasteiger partial charge in [0.05, 0.1) is 12.7 Å². The second kappa shape index (κ2) is 5.73. The van der Waals surface area contributed by atoms with Crippen molar-refractivity contribution in [3.05, 3.63) is 47.1 Å². The number of aryl methyl sites for hydroxylation is 1. The normalized spacial score (nSPS) is 12.9. The Morgan fingerprint density at radius 1 is 1.35 bits per heavy atom. The first-order chi connectivity index (χ1) is 9.75. The first kappa shape index (κ1) is 13.3. The van der Waals surface area contributed by atoms with Gasteiger partial charge in [-0.2, -0.15) is 0 Å². The Balaban J connectivity index is 1.69. The third-order valence-electron chi connectivity index (χ3n) is 3.54. The van der Waals surface area contributed by atoms with Gasteiger partial charge in [0, 0.05) is 28.4 Å². The zero-order chi connectivity index (χ0) is 13.9. The van der Waals surface area contributed by atoms with Gasteiger partial charge in [0.15, 0.2) is 0 Å². The zero-order valence-electron chi connectivity index (χ0n) is 11.7. The summed E-state index contributed by atoms with van der Waals surface area (Å²) in [5.74, 6) is 0. The fraction of sp³-hybridized carbons (Fsp3) is 0.333. The molecule has 3 aromatic rings. The molecule has 2 aromatic heterocycles. The molecule has 0 saturated carbocycles. The number of hydrogen-bond donors (Lipinski definition) is 1. The molecule has 0 radical (unpaired) electrons. The maximum absolute atomic E-state index is 3.97. The maximum Gasteiger partial charge on any atom is 0.0692 e. The van der Waals surface area contributed by atoms with E-state index in [1.165, 1.54) is 20.5 Å². The summed E-state index contributed by atoms with van der Waals surface area (Å²) < 4.78 is 3.21. The number of thiophene rings is 1. The molecule has 0 bridgehead atoms. The minimum absolute atomic E-state index is 0.357. The van der Waals surface area contributed by atoms with Gasteiger partial charge in [-0.3, -0.25) is 4.68 Å². The van der Waals surface area contributed by atoms with E-state index in [4.69, 9.17) is 0 Å². The number of nitrogens with one attached hydrogen (secondary N) is 1. The molecule has 1 atom stereocenters. The van der Waals surface area contributed by atoms with Gasteiger partial charge < -0.3 is 5.32 Å². The molecule has 2 heterocycles. The van der Waals surface area contributed by atoms with E-state index in [1.54, 1.807) is 6.20 Å². The fourth-order valence-corrected chi connectivity index (χ4v) is 3.68. The Kier molecular flexibility index (Phi) is 3.80. The van der Waals surface area contributed by atoms with Crippen LogP contribution in [0.1, 0.15) is 23.4 Å². The third-order valence-corrected chi connectivity index (χ3v) is 4.99. The highest BCUT2D eigenvalue weighted by molar-refractivity contribution is 7.19. The monoisotopic (exact) mass is 286 g/mol. The van der Waals surface area contributed by atoms with Gasteiger partial charge in [-0.05, 0) is 30.9 Å². The molecule has 1 N–H and O–H groups in total. The number of benzene rings is 1. The number of nitrogens with zero attached hydrogens (tertiary/aromatic N) is 3. The topological polar surface area (TPSA) is 42.7 Å². The van der Waals surface area contributed by atoms with Crippen LogP contribution in [0.2, 0.25) is 0 Å². The van der Waals surface area contributed by atoms with E-state index in [0.717, 1.165) is 13.1 Å². The quantitative estimate of drug-likeness (QED) is 0.783. The molecule has 0 fully saturated rings. The molecule has 1 aromatic carbocycles. The van der Waals surface area contributed by atoms with Crippen molar-refractivity contribution in [1.82, 2.24) is 20.3 Å². The van der Waals surface area contributed by atoms with Gasteiger partial charge in [-0.25, -0.2) is 0 Å². The minimum Gasteiger partial charge on any atom is -0.308 e. The van der Waals surface area contributed by atoms with E-state index in [2.05, 4.69) is 53.7 Å². The molecule has 20 heavy (non-hydrogen) atoms. The lowest BCUT2D eigenvalue weighted by Gasteiger charge is -2.13. The molecule has 5 heteroatoms. The highest BCUT2D eigenvalue weighted by Gasteiger charge is 2.13. The van der Waals surface area contributed by atoms with Crippen molar-refractivity contribution in [3.63, 3.8) is 0 Å². The Morgan fingerprint density at radius 3 is 2.95 bits per heavy atom. The molecule has 3 rings (SSSR count). The average Bonchev–Trinajstić information content (AvgIpc) is 3.08. The summed E-state index contributed by atoms with van der Waals surface area (Å²) in [7, 11) is 0. The van der Waals surface area contributed by atoms with Crippen LogP contribution < -0.4 is 5.32 Å². The Hall–Kier alpha value is -1.72. The van der Waals surface area contributed by atoms with Crippen LogP contribution in [0, 0.1) is 6.92 Å². The highest BCUT2D eigenvalue weighted by Crippen LogP contribution is 2.34. The first-order valence-corrected chi connectivity index (χ1v) is 7.63. The van der Waals surface area contributed by atoms with Gasteiger partial charge in [-0.15, -0.1) is 16.4 Å². The van der Waals surface area contributed by atoms with Gasteiger partial charge in [0.1, 0.15) is 0 Å². The van der Waals surface area contributed by atoms with Crippen LogP contribution >= 0.6 is 11.3 Å². The van der Waals surface area contributed by atoms with Crippen molar-refractivity contribution in [2.75, 3.05) is 6.54 Å². The molecule has 0 saturated heterocycles. The summed E-state index contributed by atoms with van der Waals surface area (Å²) in [5, 5.41) is 12.7. The lowest BCUT2D eigenvalue weighted by molar-refractivity contribution is 0.502. The zero-order valence-corrected chi connectivity index (χ0v) is 12.5. The highest BCUT2D eigenvalue weighted by atomic mass is 32.1. The Bertz CT molecular complexity index is 687. The summed E-state index contributed by atoms with van der Waals surface area (Å²) in [6.45, 7) is 6.16. The van der Waals surface area contributed by atoms with E-state index in [0.29, 0.717) is 6.04 Å². The second-order valence-corrected chi connectivity index (χ2v) is 6.01. The molecule has 0 aliphatic heterocycles. The average molecular weight is 286 g/mol. The fourth-order valence-electron chi connectivity index (χ4n) is 2.45. The summed E-state index contributed by atoms with van der Waals surface area (Å²) in [6.07, 6.45) is 3.59. The molecular formula is C15H18N4S. The van der Waals surface area contributed by atoms with Gasteiger partial charge in [0.2, 0.25) is 0 Å². The van der Waals surface area contributed by atoms with E-state index in [9.17, 15) is 0 Å². The molecule has 104 valence electrons. The van der Waals surface area contributed by atoms with Crippen LogP contribution in [0.5, 0.6) is 0 Å². The summed E-state index contributed by atoms with van der Waals surface area (Å²) in [4.78, 5) is 1.42. The van der Waals surface area contributed by atoms with E-state index >= 15 is 0 Å². The van der Waals surface area contributed by atoms with Crippen molar-refractivity contribution in [2.24, 2.45) is 0 Å². The number of hydrogen-bond acceptors (Lipinski definition) is 4. The molecule has 0 aliphatic rings. The van der Waals surface area contributed by atoms with Crippen molar-refractivity contribution in [3.8, 4) is 0 Å². The number of aromatic nitrogens is 3. The largest absolute Gasteiger partial charge is 0.308 e. The van der Waals surface area contributed by atoms with Crippen molar-refractivity contribution in [1.29, 1.82) is 0 Å². The molecule has 0 spiro atoms. The molecule has 0 amide bonds. The smallest absolute Gasteiger partial charge is 0.0692 e. The van der Waals surface area contributed by atoms with Crippen LogP contribution in [0.3, 0.4) is 0 Å². The van der Waals surface area contributed by atoms with Crippen molar-refractivity contribution < 1.29 is 0 Å². The van der Waals surface area contributed by atoms with Crippen molar-refractivity contribution >= 4 is 21.4 Å². The van der Waals surface area contributed by atoms with Gasteiger partial charge in [-0.1, -0.05) is 23.4 Å². The maximum atomic E-state index is 3.97. The summed E-state index contributed by atoms with van der Waals surface area (Å²) in [5.41, 5.74) is 1.39. The Labute approximate surface area is 122 Å². The van der Waals surface area contributed by atoms with Crippen LogP contribution in [-0.2, 0) is 6.54 Å². The predicted molar refractivity (Wildman–Crippen MR) is 83.0 cm³/mol. The number of fused-ring (bicyclic) bond motifs is 1. The molecule has 0 aliphatic carbocycles. The Morgan fingerprint density at radius 2 is 2.20 bits per heavy atom. The van der Waals surface area contributed by atoms with E-state index in [-0.39, 0.29) is 0 Å². The van der Waals surface area contributed by atoms with E-state index in [1.807, 2.05) is 22.2 Å². The predicted octanol–water partition coefficient (Wildman–Crippen LogP) is 3.15. The summed E-state index contributed by atoms with van der Waals surface area (Å²) >= 11 is 1.88. The van der Waals surface area contributed by atoms with E-state index < -0.39 is 0 Å². The summed E-state index contributed by atoms with van der Waals surface area (Å²) in [6, 6.07) is 8.96. The standard InChI is InChI=1S/C15H18N4S/c1-11-13-5-3-4-6-14(13)20-15(11)12(2)16-7-9-19-10-8-17-18-19/h3-6,8,10,12,16H,7,9H2,1-2H3. The molecule has 1 unspecified atom stereocenters. The van der Waals surface area contributed by atoms with Gasteiger partial charge in [0.25, 0.3) is 0 Å². The van der Waals surface area contributed by atoms with Crippen LogP contribution in [0.4, 0.5) is 0 Å². The van der Waals surface area contributed by atoms with Crippen LogP contribution in [0.25, 0.3) is 10.1 Å². The second-order valence-electron chi connectivity index (χ2n) is 4.93.